The highest BCUT2D eigenvalue weighted by Crippen LogP contribution is 2.33. The first kappa shape index (κ1) is 15.3. The Bertz CT molecular complexity index is 616. The van der Waals surface area contributed by atoms with Gasteiger partial charge in [-0.15, -0.1) is 5.10 Å². The van der Waals surface area contributed by atoms with Gasteiger partial charge >= 0.3 is 5.69 Å². The Hall–Kier alpha value is -2.79. The maximum atomic E-state index is 10.9. The van der Waals surface area contributed by atoms with Crippen LogP contribution in [0.2, 0.25) is 5.02 Å². The first-order valence-electron chi connectivity index (χ1n) is 4.76. The van der Waals surface area contributed by atoms with Crippen molar-refractivity contribution in [2.24, 2.45) is 15.9 Å². The Kier molecular flexibility index (Phi) is 4.88. The van der Waals surface area contributed by atoms with E-state index >= 15 is 0 Å². The molecule has 0 aliphatic heterocycles. The van der Waals surface area contributed by atoms with Crippen LogP contribution < -0.4 is 11.2 Å². The lowest BCUT2D eigenvalue weighted by Gasteiger charge is -2.00. The molecule has 0 spiro atoms. The van der Waals surface area contributed by atoms with Crippen molar-refractivity contribution in [2.75, 3.05) is 0 Å². The molecular formula is C8H7ClN6O5. The summed E-state index contributed by atoms with van der Waals surface area (Å²) in [5, 5.41) is 36.2. The molecule has 0 bridgehead atoms. The Morgan fingerprint density at radius 2 is 2.05 bits per heavy atom. The summed E-state index contributed by atoms with van der Waals surface area (Å²) in [5.74, 6) is -0.506. The third-order valence-electron chi connectivity index (χ3n) is 1.99. The number of halogens is 1. The van der Waals surface area contributed by atoms with Gasteiger partial charge < -0.3 is 5.73 Å². The van der Waals surface area contributed by atoms with Gasteiger partial charge in [0, 0.05) is 6.07 Å². The molecule has 0 aromatic heterocycles. The fourth-order valence-electron chi connectivity index (χ4n) is 1.21. The third kappa shape index (κ3) is 3.37. The summed E-state index contributed by atoms with van der Waals surface area (Å²) in [6.45, 7) is 0. The highest BCUT2D eigenvalue weighted by atomic mass is 35.5. The van der Waals surface area contributed by atoms with Crippen molar-refractivity contribution >= 4 is 35.1 Å². The number of nitro benzene ring substituents is 2. The highest BCUT2D eigenvalue weighted by Gasteiger charge is 2.27. The molecule has 0 aliphatic carbocycles. The molecule has 12 heteroatoms. The predicted octanol–water partition coefficient (Wildman–Crippen LogP) is 0.784. The SMILES string of the molecule is NC(=NN=Cc1c([N+](=O)[O-])ccc(Cl)c1[N+](=O)[O-])NO. The highest BCUT2D eigenvalue weighted by molar-refractivity contribution is 6.33. The number of guanidine groups is 1. The largest absolute Gasteiger partial charge is 0.367 e. The quantitative estimate of drug-likeness (QED) is 0.319. The van der Waals surface area contributed by atoms with E-state index in [1.54, 1.807) is 0 Å². The van der Waals surface area contributed by atoms with Gasteiger partial charge in [-0.1, -0.05) is 11.6 Å². The van der Waals surface area contributed by atoms with Gasteiger partial charge in [0.15, 0.2) is 5.56 Å². The summed E-state index contributed by atoms with van der Waals surface area (Å²) >= 11 is 5.63. The zero-order chi connectivity index (χ0) is 15.3. The normalized spacial score (nSPS) is 11.6. The fraction of sp³-hybridized carbons (Fsp3) is 0. The minimum atomic E-state index is -0.881. The molecule has 0 radical (unpaired) electrons. The fourth-order valence-corrected chi connectivity index (χ4v) is 1.45. The molecule has 106 valence electrons. The zero-order valence-electron chi connectivity index (χ0n) is 9.56. The van der Waals surface area contributed by atoms with Crippen LogP contribution in [0.25, 0.3) is 0 Å². The van der Waals surface area contributed by atoms with Crippen molar-refractivity contribution < 1.29 is 15.1 Å². The lowest BCUT2D eigenvalue weighted by Crippen LogP contribution is -2.27. The van der Waals surface area contributed by atoms with E-state index in [0.29, 0.717) is 0 Å². The van der Waals surface area contributed by atoms with E-state index in [4.69, 9.17) is 22.5 Å². The number of hydrogen-bond donors (Lipinski definition) is 3. The number of rotatable bonds is 4. The molecule has 0 heterocycles. The van der Waals surface area contributed by atoms with E-state index in [2.05, 4.69) is 10.2 Å². The van der Waals surface area contributed by atoms with E-state index in [1.165, 1.54) is 5.48 Å². The van der Waals surface area contributed by atoms with Crippen LogP contribution in [-0.2, 0) is 0 Å². The first-order chi connectivity index (χ1) is 9.38. The lowest BCUT2D eigenvalue weighted by molar-refractivity contribution is -0.394. The molecule has 0 aliphatic rings. The van der Waals surface area contributed by atoms with Crippen LogP contribution >= 0.6 is 11.6 Å². The van der Waals surface area contributed by atoms with Gasteiger partial charge in [-0.2, -0.15) is 5.10 Å². The van der Waals surface area contributed by atoms with Gasteiger partial charge in [-0.05, 0) is 6.07 Å². The van der Waals surface area contributed by atoms with Gasteiger partial charge in [0.2, 0.25) is 5.96 Å². The summed E-state index contributed by atoms with van der Waals surface area (Å²) < 4.78 is 0. The zero-order valence-corrected chi connectivity index (χ0v) is 10.3. The molecule has 0 atom stereocenters. The molecule has 4 N–H and O–H groups in total. The van der Waals surface area contributed by atoms with Crippen LogP contribution in [0.1, 0.15) is 5.56 Å². The van der Waals surface area contributed by atoms with E-state index in [-0.39, 0.29) is 5.02 Å². The average Bonchev–Trinajstić information content (AvgIpc) is 2.37. The minimum absolute atomic E-state index is 0.292. The average molecular weight is 303 g/mol. The van der Waals surface area contributed by atoms with Crippen molar-refractivity contribution in [1.29, 1.82) is 0 Å². The molecule has 20 heavy (non-hydrogen) atoms. The van der Waals surface area contributed by atoms with Gasteiger partial charge in [0.05, 0.1) is 16.1 Å². The second-order valence-corrected chi connectivity index (χ2v) is 3.59. The first-order valence-corrected chi connectivity index (χ1v) is 5.14. The smallest absolute Gasteiger partial charge is 0.303 e. The molecule has 1 rings (SSSR count). The summed E-state index contributed by atoms with van der Waals surface area (Å²) in [6.07, 6.45) is 0.742. The van der Waals surface area contributed by atoms with Gasteiger partial charge in [0.1, 0.15) is 5.02 Å². The Balaban J connectivity index is 3.44. The van der Waals surface area contributed by atoms with Crippen LogP contribution in [0.3, 0.4) is 0 Å². The second kappa shape index (κ2) is 6.40. The molecule has 1 aromatic rings. The molecular weight excluding hydrogens is 296 g/mol. The number of nitrogens with zero attached hydrogens (tertiary/aromatic N) is 4. The van der Waals surface area contributed by atoms with Crippen LogP contribution in [0.5, 0.6) is 0 Å². The topological polar surface area (TPSA) is 169 Å². The van der Waals surface area contributed by atoms with Crippen LogP contribution in [-0.4, -0.2) is 27.2 Å². The maximum absolute atomic E-state index is 10.9. The van der Waals surface area contributed by atoms with Crippen molar-refractivity contribution in [3.05, 3.63) is 42.9 Å². The summed E-state index contributed by atoms with van der Waals surface area (Å²) in [7, 11) is 0. The number of benzene rings is 1. The third-order valence-corrected chi connectivity index (χ3v) is 2.30. The van der Waals surface area contributed by atoms with Crippen molar-refractivity contribution in [3.63, 3.8) is 0 Å². The van der Waals surface area contributed by atoms with E-state index < -0.39 is 32.7 Å². The summed E-state index contributed by atoms with van der Waals surface area (Å²) in [6, 6.07) is 2.02. The van der Waals surface area contributed by atoms with E-state index in [1.807, 2.05) is 0 Å². The minimum Gasteiger partial charge on any atom is -0.367 e. The van der Waals surface area contributed by atoms with Crippen LogP contribution in [0.4, 0.5) is 11.4 Å². The standard InChI is InChI=1S/C8H7ClN6O5/c9-5-1-2-6(14(17)18)4(7(5)15(19)20)3-11-12-8(10)13-16/h1-3,16H,(H3,10,12,13). The van der Waals surface area contributed by atoms with Gasteiger partial charge in [-0.3, -0.25) is 25.4 Å². The summed E-state index contributed by atoms with van der Waals surface area (Å²) in [5.41, 5.74) is 4.80. The Morgan fingerprint density at radius 3 is 2.55 bits per heavy atom. The van der Waals surface area contributed by atoms with Gasteiger partial charge in [-0.25, -0.2) is 5.48 Å². The van der Waals surface area contributed by atoms with Crippen molar-refractivity contribution in [3.8, 4) is 0 Å². The van der Waals surface area contributed by atoms with E-state index in [0.717, 1.165) is 18.3 Å². The predicted molar refractivity (Wildman–Crippen MR) is 68.9 cm³/mol. The molecule has 0 unspecified atom stereocenters. The van der Waals surface area contributed by atoms with E-state index in [9.17, 15) is 20.2 Å². The number of nitro groups is 2. The monoisotopic (exact) mass is 302 g/mol. The Labute approximate surface area is 115 Å². The van der Waals surface area contributed by atoms with Crippen LogP contribution in [0, 0.1) is 20.2 Å². The number of nitrogens with one attached hydrogen (secondary N) is 1. The van der Waals surface area contributed by atoms with Crippen molar-refractivity contribution in [2.45, 2.75) is 0 Å². The molecule has 0 fully saturated rings. The number of hydrogen-bond acceptors (Lipinski definition) is 7. The number of hydroxylamine groups is 1. The Morgan fingerprint density at radius 1 is 1.40 bits per heavy atom. The van der Waals surface area contributed by atoms with Crippen LogP contribution in [0.15, 0.2) is 22.3 Å². The molecule has 11 nitrogen and oxygen atoms in total. The van der Waals surface area contributed by atoms with Crippen molar-refractivity contribution in [1.82, 2.24) is 5.48 Å². The molecule has 0 saturated heterocycles. The summed E-state index contributed by atoms with van der Waals surface area (Å²) in [4.78, 5) is 20.0. The lowest BCUT2D eigenvalue weighted by atomic mass is 10.1. The molecule has 0 saturated carbocycles. The number of nitrogens with two attached hydrogens (primary N) is 1. The molecule has 1 aromatic carbocycles. The second-order valence-electron chi connectivity index (χ2n) is 3.18. The molecule has 0 amide bonds. The van der Waals surface area contributed by atoms with Gasteiger partial charge in [0.25, 0.3) is 5.69 Å². The maximum Gasteiger partial charge on any atom is 0.303 e.